The van der Waals surface area contributed by atoms with E-state index in [1.807, 2.05) is 6.07 Å². The molecule has 0 radical (unpaired) electrons. The fourth-order valence-corrected chi connectivity index (χ4v) is 2.24. The summed E-state index contributed by atoms with van der Waals surface area (Å²) < 4.78 is 0.766. The number of benzene rings is 1. The summed E-state index contributed by atoms with van der Waals surface area (Å²) in [5.41, 5.74) is 1.14. The highest BCUT2D eigenvalue weighted by Crippen LogP contribution is 2.34. The van der Waals surface area contributed by atoms with Crippen LogP contribution >= 0.6 is 11.3 Å². The number of aliphatic hydroxyl groups is 1. The summed E-state index contributed by atoms with van der Waals surface area (Å²) >= 11 is 1.33. The fourth-order valence-electron chi connectivity index (χ4n) is 1.36. The second-order valence-corrected chi connectivity index (χ2v) is 3.79. The maximum absolute atomic E-state index is 9.47. The highest BCUT2D eigenvalue weighted by molar-refractivity contribution is 7.17. The number of thiophene rings is 1. The molecule has 1 aromatic carbocycles. The molecule has 4 heteroatoms. The molecule has 0 aliphatic heterocycles. The maximum atomic E-state index is 9.47. The van der Waals surface area contributed by atoms with Crippen LogP contribution in [-0.4, -0.2) is 10.2 Å². The molecule has 0 amide bonds. The molecule has 2 rings (SSSR count). The quantitative estimate of drug-likeness (QED) is 0.748. The third-order valence-electron chi connectivity index (χ3n) is 2.02. The molecule has 0 atom stereocenters. The van der Waals surface area contributed by atoms with Gasteiger partial charge in [0.25, 0.3) is 0 Å². The molecule has 1 aromatic heterocycles. The lowest BCUT2D eigenvalue weighted by Gasteiger charge is -1.99. The number of nitriles is 1. The molecule has 0 saturated carbocycles. The van der Waals surface area contributed by atoms with Crippen molar-refractivity contribution in [3.63, 3.8) is 0 Å². The van der Waals surface area contributed by atoms with Crippen LogP contribution in [-0.2, 0) is 6.61 Å². The van der Waals surface area contributed by atoms with Gasteiger partial charge >= 0.3 is 0 Å². The molecule has 0 saturated heterocycles. The van der Waals surface area contributed by atoms with Crippen LogP contribution in [0.4, 0.5) is 0 Å². The van der Waals surface area contributed by atoms with E-state index in [1.54, 1.807) is 17.5 Å². The highest BCUT2D eigenvalue weighted by atomic mass is 32.1. The van der Waals surface area contributed by atoms with E-state index in [0.717, 1.165) is 4.70 Å². The van der Waals surface area contributed by atoms with Crippen molar-refractivity contribution in [1.82, 2.24) is 0 Å². The van der Waals surface area contributed by atoms with Crippen molar-refractivity contribution in [2.75, 3.05) is 0 Å². The first kappa shape index (κ1) is 9.00. The van der Waals surface area contributed by atoms with E-state index in [0.29, 0.717) is 16.5 Å². The Morgan fingerprint density at radius 1 is 1.43 bits per heavy atom. The van der Waals surface area contributed by atoms with Crippen molar-refractivity contribution < 1.29 is 10.2 Å². The van der Waals surface area contributed by atoms with Gasteiger partial charge in [-0.1, -0.05) is 0 Å². The first-order valence-corrected chi connectivity index (χ1v) is 4.88. The van der Waals surface area contributed by atoms with Gasteiger partial charge in [0.2, 0.25) is 0 Å². The van der Waals surface area contributed by atoms with Crippen LogP contribution in [0.5, 0.6) is 5.75 Å². The molecule has 0 aliphatic rings. The monoisotopic (exact) mass is 205 g/mol. The number of hydrogen-bond acceptors (Lipinski definition) is 4. The normalized spacial score (nSPS) is 10.3. The van der Waals surface area contributed by atoms with E-state index in [1.165, 1.54) is 11.3 Å². The minimum atomic E-state index is -0.125. The smallest absolute Gasteiger partial charge is 0.134 e. The first-order valence-electron chi connectivity index (χ1n) is 4.00. The van der Waals surface area contributed by atoms with Crippen molar-refractivity contribution in [2.45, 2.75) is 6.61 Å². The van der Waals surface area contributed by atoms with E-state index in [2.05, 4.69) is 0 Å². The predicted octanol–water partition coefficient (Wildman–Crippen LogP) is 1.97. The van der Waals surface area contributed by atoms with E-state index >= 15 is 0 Å². The van der Waals surface area contributed by atoms with E-state index < -0.39 is 0 Å². The predicted molar refractivity (Wildman–Crippen MR) is 54.1 cm³/mol. The fraction of sp³-hybridized carbons (Fsp3) is 0.100. The summed E-state index contributed by atoms with van der Waals surface area (Å²) in [6.45, 7) is -0.125. The lowest BCUT2D eigenvalue weighted by Crippen LogP contribution is -1.84. The molecule has 14 heavy (non-hydrogen) atoms. The number of nitrogens with zero attached hydrogens (tertiary/aromatic N) is 1. The summed E-state index contributed by atoms with van der Waals surface area (Å²) in [5, 5.41) is 29.5. The molecule has 2 N–H and O–H groups in total. The lowest BCUT2D eigenvalue weighted by molar-refractivity contribution is 0.282. The largest absolute Gasteiger partial charge is 0.506 e. The zero-order valence-electron chi connectivity index (χ0n) is 7.19. The topological polar surface area (TPSA) is 64.2 Å². The van der Waals surface area contributed by atoms with Gasteiger partial charge in [-0.25, -0.2) is 0 Å². The van der Waals surface area contributed by atoms with Gasteiger partial charge in [0.1, 0.15) is 11.8 Å². The SMILES string of the molecule is N#Cc1cc(CO)cc2c(O)csc12. The minimum absolute atomic E-state index is 0.125. The van der Waals surface area contributed by atoms with Crippen molar-refractivity contribution in [1.29, 1.82) is 5.26 Å². The minimum Gasteiger partial charge on any atom is -0.506 e. The average molecular weight is 205 g/mol. The molecular formula is C10H7NO2S. The Balaban J connectivity index is 2.84. The van der Waals surface area contributed by atoms with Crippen LogP contribution in [0, 0.1) is 11.3 Å². The van der Waals surface area contributed by atoms with Crippen LogP contribution in [0.2, 0.25) is 0 Å². The molecule has 2 aromatic rings. The second-order valence-electron chi connectivity index (χ2n) is 2.91. The Morgan fingerprint density at radius 2 is 2.21 bits per heavy atom. The molecule has 1 heterocycles. The summed E-state index contributed by atoms with van der Waals surface area (Å²) in [4.78, 5) is 0. The Kier molecular flexibility index (Phi) is 2.12. The lowest BCUT2D eigenvalue weighted by atomic mass is 10.1. The van der Waals surface area contributed by atoms with Gasteiger partial charge in [0, 0.05) is 10.8 Å². The summed E-state index contributed by atoms with van der Waals surface area (Å²) in [5.74, 6) is 0.164. The Hall–Kier alpha value is -1.57. The standard InChI is InChI=1S/C10H7NO2S/c11-3-7-1-6(4-12)2-8-9(13)5-14-10(7)8/h1-2,5,12-13H,4H2. The van der Waals surface area contributed by atoms with Crippen LogP contribution in [0.1, 0.15) is 11.1 Å². The van der Waals surface area contributed by atoms with E-state index in [4.69, 9.17) is 10.4 Å². The summed E-state index contributed by atoms with van der Waals surface area (Å²) in [6.07, 6.45) is 0. The molecular weight excluding hydrogens is 198 g/mol. The highest BCUT2D eigenvalue weighted by Gasteiger charge is 2.08. The van der Waals surface area contributed by atoms with Crippen LogP contribution < -0.4 is 0 Å². The second kappa shape index (κ2) is 3.29. The number of aliphatic hydroxyl groups excluding tert-OH is 1. The van der Waals surface area contributed by atoms with Crippen LogP contribution in [0.3, 0.4) is 0 Å². The van der Waals surface area contributed by atoms with Gasteiger partial charge in [0.15, 0.2) is 0 Å². The molecule has 3 nitrogen and oxygen atoms in total. The summed E-state index contributed by atoms with van der Waals surface area (Å²) in [7, 11) is 0. The number of aromatic hydroxyl groups is 1. The molecule has 0 fully saturated rings. The molecule has 0 aliphatic carbocycles. The Labute approximate surface area is 84.5 Å². The summed E-state index contributed by atoms with van der Waals surface area (Å²) in [6, 6.07) is 5.38. The first-order chi connectivity index (χ1) is 6.76. The van der Waals surface area contributed by atoms with Gasteiger partial charge in [-0.05, 0) is 17.7 Å². The molecule has 0 unspecified atom stereocenters. The molecule has 0 bridgehead atoms. The number of fused-ring (bicyclic) bond motifs is 1. The van der Waals surface area contributed by atoms with Gasteiger partial charge < -0.3 is 10.2 Å². The van der Waals surface area contributed by atoms with E-state index in [9.17, 15) is 5.11 Å². The zero-order chi connectivity index (χ0) is 10.1. The third-order valence-corrected chi connectivity index (χ3v) is 3.03. The third kappa shape index (κ3) is 1.23. The van der Waals surface area contributed by atoms with Crippen LogP contribution in [0.25, 0.3) is 10.1 Å². The van der Waals surface area contributed by atoms with Crippen molar-refractivity contribution >= 4 is 21.4 Å². The van der Waals surface area contributed by atoms with E-state index in [-0.39, 0.29) is 12.4 Å². The van der Waals surface area contributed by atoms with Gasteiger partial charge in [-0.2, -0.15) is 5.26 Å². The Morgan fingerprint density at radius 3 is 2.86 bits per heavy atom. The van der Waals surface area contributed by atoms with Crippen LogP contribution in [0.15, 0.2) is 17.5 Å². The van der Waals surface area contributed by atoms with Gasteiger partial charge in [-0.3, -0.25) is 0 Å². The average Bonchev–Trinajstić information content (AvgIpc) is 2.59. The zero-order valence-corrected chi connectivity index (χ0v) is 8.01. The maximum Gasteiger partial charge on any atom is 0.134 e. The number of rotatable bonds is 1. The van der Waals surface area contributed by atoms with Gasteiger partial charge in [-0.15, -0.1) is 11.3 Å². The molecule has 0 spiro atoms. The molecule has 70 valence electrons. The van der Waals surface area contributed by atoms with Crippen molar-refractivity contribution in [2.24, 2.45) is 0 Å². The Bertz CT molecular complexity index is 525. The van der Waals surface area contributed by atoms with Crippen molar-refractivity contribution in [3.8, 4) is 11.8 Å². The number of hydrogen-bond donors (Lipinski definition) is 2. The van der Waals surface area contributed by atoms with Gasteiger partial charge in [0.05, 0.1) is 16.9 Å². The van der Waals surface area contributed by atoms with Crippen molar-refractivity contribution in [3.05, 3.63) is 28.6 Å².